The first kappa shape index (κ1) is 51.4. The molecule has 4 amide bonds. The molecule has 1 fully saturated rings. The molecule has 16 heteroatoms. The topological polar surface area (TPSA) is 180 Å². The standard InChI is InChI=1S/C45H72N6O9S/c1-13-29(6)39(50(10)44(56)37(27(2)3)48-42(55)38(28(4)5)49(8)9)35(58-11)25-36(53)51-21-17-20-34(51)40(59-12)30(7)41(54)46-32(24-31-18-15-14-16-19-31)43-47-33(26-61-43)45(57)60-23-22-52/h14-16,18-19,26-30,32,34-35,37-40,52H,13,17,20-25H2,1-12H3,(H,46,54)(H,48,55)/t29-,30+,32-,34?,35+,37?,38?,39-,40+/m0/s1. The maximum Gasteiger partial charge on any atom is 0.357 e. The van der Waals surface area contributed by atoms with Gasteiger partial charge in [-0.2, -0.15) is 0 Å². The molecule has 1 aromatic carbocycles. The van der Waals surface area contributed by atoms with Gasteiger partial charge in [0.15, 0.2) is 5.69 Å². The zero-order valence-electron chi connectivity index (χ0n) is 38.4. The van der Waals surface area contributed by atoms with Crippen molar-refractivity contribution in [2.45, 2.75) is 123 Å². The van der Waals surface area contributed by atoms with Crippen LogP contribution in [0, 0.1) is 23.7 Å². The van der Waals surface area contributed by atoms with Crippen molar-refractivity contribution < 1.29 is 43.3 Å². The zero-order chi connectivity index (χ0) is 45.6. The number of nitrogens with zero attached hydrogens (tertiary/aromatic N) is 4. The van der Waals surface area contributed by atoms with E-state index in [0.29, 0.717) is 24.4 Å². The Hall–Kier alpha value is -3.96. The van der Waals surface area contributed by atoms with Gasteiger partial charge in [-0.25, -0.2) is 9.78 Å². The van der Waals surface area contributed by atoms with Gasteiger partial charge >= 0.3 is 5.97 Å². The summed E-state index contributed by atoms with van der Waals surface area (Å²) in [5.74, 6) is -2.47. The van der Waals surface area contributed by atoms with Crippen molar-refractivity contribution in [3.63, 3.8) is 0 Å². The Morgan fingerprint density at radius 2 is 1.62 bits per heavy atom. The molecule has 3 rings (SSSR count). The van der Waals surface area contributed by atoms with Crippen LogP contribution in [0.2, 0.25) is 0 Å². The number of ether oxygens (including phenoxy) is 3. The Morgan fingerprint density at radius 3 is 2.18 bits per heavy atom. The molecule has 0 bridgehead atoms. The van der Waals surface area contributed by atoms with Crippen LogP contribution < -0.4 is 10.6 Å². The second kappa shape index (κ2) is 24.6. The number of benzene rings is 1. The van der Waals surface area contributed by atoms with Crippen LogP contribution in [0.5, 0.6) is 0 Å². The molecule has 2 aromatic rings. The van der Waals surface area contributed by atoms with Crippen LogP contribution in [-0.2, 0) is 39.8 Å². The van der Waals surface area contributed by atoms with Crippen molar-refractivity contribution >= 4 is 40.9 Å². The molecular formula is C45H72N6O9S. The molecule has 0 saturated carbocycles. The van der Waals surface area contributed by atoms with Gasteiger partial charge < -0.3 is 39.8 Å². The minimum atomic E-state index is -0.783. The van der Waals surface area contributed by atoms with E-state index in [1.54, 1.807) is 43.4 Å². The van der Waals surface area contributed by atoms with E-state index in [1.165, 1.54) is 11.3 Å². The molecule has 15 nitrogen and oxygen atoms in total. The van der Waals surface area contributed by atoms with Crippen LogP contribution >= 0.6 is 11.3 Å². The fourth-order valence-electron chi connectivity index (χ4n) is 8.52. The van der Waals surface area contributed by atoms with Crippen molar-refractivity contribution in [3.05, 3.63) is 52.0 Å². The number of rotatable bonds is 24. The van der Waals surface area contributed by atoms with Gasteiger partial charge in [-0.15, -0.1) is 11.3 Å². The van der Waals surface area contributed by atoms with E-state index < -0.39 is 54.3 Å². The number of likely N-dealkylation sites (tertiary alicyclic amines) is 1. The number of aliphatic hydroxyl groups excluding tert-OH is 1. The van der Waals surface area contributed by atoms with E-state index in [-0.39, 0.29) is 66.7 Å². The summed E-state index contributed by atoms with van der Waals surface area (Å²) in [4.78, 5) is 78.7. The number of aliphatic hydroxyl groups is 1. The highest BCUT2D eigenvalue weighted by Gasteiger charge is 2.43. The second-order valence-corrected chi connectivity index (χ2v) is 18.0. The lowest BCUT2D eigenvalue weighted by atomic mass is 9.89. The number of carbonyl (C=O) groups is 5. The van der Waals surface area contributed by atoms with Crippen molar-refractivity contribution in [2.75, 3.05) is 55.1 Å². The summed E-state index contributed by atoms with van der Waals surface area (Å²) < 4.78 is 17.2. The molecule has 9 atom stereocenters. The number of hydrogen-bond acceptors (Lipinski definition) is 12. The van der Waals surface area contributed by atoms with Crippen LogP contribution in [0.15, 0.2) is 35.7 Å². The summed E-state index contributed by atoms with van der Waals surface area (Å²) >= 11 is 1.23. The minimum Gasteiger partial charge on any atom is -0.459 e. The molecule has 1 saturated heterocycles. The lowest BCUT2D eigenvalue weighted by Gasteiger charge is -2.41. The van der Waals surface area contributed by atoms with E-state index in [1.807, 2.05) is 90.9 Å². The van der Waals surface area contributed by atoms with Crippen LogP contribution in [0.25, 0.3) is 0 Å². The van der Waals surface area contributed by atoms with Crippen LogP contribution in [-0.4, -0.2) is 146 Å². The third-order valence-corrected chi connectivity index (χ3v) is 12.9. The van der Waals surface area contributed by atoms with Crippen molar-refractivity contribution in [1.29, 1.82) is 0 Å². The van der Waals surface area contributed by atoms with Gasteiger partial charge in [-0.3, -0.25) is 24.1 Å². The van der Waals surface area contributed by atoms with E-state index in [0.717, 1.165) is 18.4 Å². The molecule has 1 aromatic heterocycles. The molecule has 1 aliphatic heterocycles. The van der Waals surface area contributed by atoms with Crippen LogP contribution in [0.1, 0.15) is 101 Å². The van der Waals surface area contributed by atoms with Gasteiger partial charge in [0.1, 0.15) is 17.7 Å². The van der Waals surface area contributed by atoms with Gasteiger partial charge in [0.25, 0.3) is 0 Å². The fourth-order valence-corrected chi connectivity index (χ4v) is 9.36. The number of nitrogens with one attached hydrogen (secondary N) is 2. The summed E-state index contributed by atoms with van der Waals surface area (Å²) in [6, 6.07) is 6.99. The highest BCUT2D eigenvalue weighted by atomic mass is 32.1. The number of likely N-dealkylation sites (N-methyl/N-ethyl adjacent to an activating group) is 2. The van der Waals surface area contributed by atoms with Crippen molar-refractivity contribution in [1.82, 2.24) is 30.3 Å². The molecular weight excluding hydrogens is 801 g/mol. The van der Waals surface area contributed by atoms with Crippen LogP contribution in [0.4, 0.5) is 0 Å². The SMILES string of the molecule is CC[C@H](C)[C@@H]([C@@H](CC(=O)N1CCCC1[C@H](OC)[C@@H](C)C(=O)N[C@@H](Cc1ccccc1)c1nc(C(=O)OCCO)cs1)OC)N(C)C(=O)C(NC(=O)C(C(C)C)N(C)C)C(C)C. The third-order valence-electron chi connectivity index (χ3n) is 11.9. The normalized spacial score (nSPS) is 18.2. The summed E-state index contributed by atoms with van der Waals surface area (Å²) in [6.45, 7) is 13.6. The average Bonchev–Trinajstić information content (AvgIpc) is 3.92. The molecule has 3 unspecified atom stereocenters. The molecule has 61 heavy (non-hydrogen) atoms. The fraction of sp³-hybridized carbons (Fsp3) is 0.689. The molecule has 2 heterocycles. The summed E-state index contributed by atoms with van der Waals surface area (Å²) in [6.07, 6.45) is 1.18. The van der Waals surface area contributed by atoms with Gasteiger partial charge in [0.2, 0.25) is 23.6 Å². The van der Waals surface area contributed by atoms with Crippen molar-refractivity contribution in [2.24, 2.45) is 23.7 Å². The Kier molecular flexibility index (Phi) is 20.7. The monoisotopic (exact) mass is 873 g/mol. The highest BCUT2D eigenvalue weighted by Crippen LogP contribution is 2.31. The van der Waals surface area contributed by atoms with E-state index in [9.17, 15) is 24.0 Å². The predicted octanol–water partition coefficient (Wildman–Crippen LogP) is 4.34. The predicted molar refractivity (Wildman–Crippen MR) is 236 cm³/mol. The Labute approximate surface area is 367 Å². The van der Waals surface area contributed by atoms with E-state index in [2.05, 4.69) is 15.6 Å². The number of hydrogen-bond donors (Lipinski definition) is 3. The van der Waals surface area contributed by atoms with Gasteiger partial charge in [0, 0.05) is 33.2 Å². The first-order valence-electron chi connectivity index (χ1n) is 21.6. The number of aromatic nitrogens is 1. The molecule has 3 N–H and O–H groups in total. The molecule has 0 aliphatic carbocycles. The smallest absolute Gasteiger partial charge is 0.357 e. The number of amides is 4. The third kappa shape index (κ3) is 13.8. The minimum absolute atomic E-state index is 0.00232. The Morgan fingerprint density at radius 1 is 0.951 bits per heavy atom. The Bertz CT molecular complexity index is 1700. The van der Waals surface area contributed by atoms with Gasteiger partial charge in [0.05, 0.1) is 55.3 Å². The van der Waals surface area contributed by atoms with Crippen LogP contribution in [0.3, 0.4) is 0 Å². The lowest BCUT2D eigenvalue weighted by Crippen LogP contribution is -2.59. The lowest BCUT2D eigenvalue weighted by molar-refractivity contribution is -0.148. The molecule has 342 valence electrons. The second-order valence-electron chi connectivity index (χ2n) is 17.2. The maximum atomic E-state index is 14.4. The number of esters is 1. The van der Waals surface area contributed by atoms with Gasteiger partial charge in [-0.05, 0) is 56.7 Å². The van der Waals surface area contributed by atoms with E-state index in [4.69, 9.17) is 19.3 Å². The summed E-state index contributed by atoms with van der Waals surface area (Å²) in [7, 11) is 8.53. The zero-order valence-corrected chi connectivity index (χ0v) is 39.2. The number of carbonyl (C=O) groups excluding carboxylic acids is 5. The maximum absolute atomic E-state index is 14.4. The average molecular weight is 873 g/mol. The Balaban J connectivity index is 1.82. The number of methoxy groups -OCH3 is 2. The quantitative estimate of drug-likeness (QED) is 0.128. The number of thiazole rings is 1. The summed E-state index contributed by atoms with van der Waals surface area (Å²) in [5, 5.41) is 17.4. The molecule has 0 radical (unpaired) electrons. The largest absolute Gasteiger partial charge is 0.459 e. The van der Waals surface area contributed by atoms with Crippen molar-refractivity contribution in [3.8, 4) is 0 Å². The van der Waals surface area contributed by atoms with Gasteiger partial charge in [-0.1, -0.05) is 85.2 Å². The van der Waals surface area contributed by atoms with E-state index >= 15 is 0 Å². The summed E-state index contributed by atoms with van der Waals surface area (Å²) in [5.41, 5.74) is 1.05. The first-order valence-corrected chi connectivity index (χ1v) is 22.5. The first-order chi connectivity index (χ1) is 28.9. The molecule has 1 aliphatic rings. The molecule has 0 spiro atoms. The highest BCUT2D eigenvalue weighted by molar-refractivity contribution is 7.09.